The number of nitrogens with zero attached hydrogens (tertiary/aromatic N) is 2. The van der Waals surface area contributed by atoms with Crippen LogP contribution in [0.25, 0.3) is 0 Å². The second kappa shape index (κ2) is 5.66. The first-order valence-corrected chi connectivity index (χ1v) is 7.48. The molecule has 1 aromatic rings. The van der Waals surface area contributed by atoms with Crippen molar-refractivity contribution < 1.29 is 14.7 Å². The lowest BCUT2D eigenvalue weighted by Crippen LogP contribution is -2.41. The third-order valence-corrected chi connectivity index (χ3v) is 4.58. The molecule has 3 rings (SSSR count). The first-order valence-electron chi connectivity index (χ1n) is 7.10. The topological polar surface area (TPSA) is 60.9 Å². The van der Waals surface area contributed by atoms with Crippen molar-refractivity contribution in [1.29, 1.82) is 0 Å². The zero-order valence-electron chi connectivity index (χ0n) is 11.5. The summed E-state index contributed by atoms with van der Waals surface area (Å²) in [6.45, 7) is 1.82. The molecule has 0 radical (unpaired) electrons. The van der Waals surface area contributed by atoms with Gasteiger partial charge in [-0.15, -0.1) is 0 Å². The van der Waals surface area contributed by atoms with Gasteiger partial charge in [0.15, 0.2) is 0 Å². The first kappa shape index (κ1) is 14.4. The molecule has 1 amide bonds. The van der Waals surface area contributed by atoms with E-state index >= 15 is 0 Å². The Labute approximate surface area is 128 Å². The Morgan fingerprint density at radius 3 is 2.52 bits per heavy atom. The number of carboxylic acids is 1. The van der Waals surface area contributed by atoms with Gasteiger partial charge in [-0.1, -0.05) is 11.6 Å². The van der Waals surface area contributed by atoms with Gasteiger partial charge in [0, 0.05) is 23.8 Å². The fraction of sp³-hybridized carbons (Fsp3) is 0.467. The van der Waals surface area contributed by atoms with Gasteiger partial charge in [0.25, 0.3) is 0 Å². The zero-order chi connectivity index (χ0) is 15.0. The summed E-state index contributed by atoms with van der Waals surface area (Å²) in [5, 5.41) is 9.71. The summed E-state index contributed by atoms with van der Waals surface area (Å²) in [6, 6.07) is 7.03. The van der Waals surface area contributed by atoms with Gasteiger partial charge in [-0.05, 0) is 43.7 Å². The molecule has 2 unspecified atom stereocenters. The van der Waals surface area contributed by atoms with Crippen LogP contribution >= 0.6 is 11.6 Å². The Hall–Kier alpha value is -1.59. The van der Waals surface area contributed by atoms with Gasteiger partial charge in [-0.25, -0.2) is 0 Å². The number of carbonyl (C=O) groups excluding carboxylic acids is 1. The third kappa shape index (κ3) is 2.76. The number of rotatable bonds is 3. The second-order valence-electron chi connectivity index (χ2n) is 5.59. The van der Waals surface area contributed by atoms with Gasteiger partial charge in [0.2, 0.25) is 5.91 Å². The van der Waals surface area contributed by atoms with Gasteiger partial charge in [0.05, 0.1) is 12.0 Å². The molecule has 0 saturated carbocycles. The molecule has 1 N–H and O–H groups in total. The molecule has 0 aliphatic carbocycles. The van der Waals surface area contributed by atoms with Crippen molar-refractivity contribution in [3.8, 4) is 0 Å². The highest BCUT2D eigenvalue weighted by Gasteiger charge is 2.40. The van der Waals surface area contributed by atoms with Crippen molar-refractivity contribution in [2.45, 2.75) is 18.9 Å². The number of aliphatic carboxylic acids is 1. The molecule has 2 atom stereocenters. The van der Waals surface area contributed by atoms with Gasteiger partial charge in [-0.2, -0.15) is 0 Å². The molecule has 21 heavy (non-hydrogen) atoms. The highest BCUT2D eigenvalue weighted by atomic mass is 35.5. The Bertz CT molecular complexity index is 561. The lowest BCUT2D eigenvalue weighted by molar-refractivity contribution is -0.141. The number of benzene rings is 1. The van der Waals surface area contributed by atoms with Crippen LogP contribution in [0.2, 0.25) is 5.02 Å². The SMILES string of the molecule is O=C(O)C1CCN(C2CCN(c3ccc(Cl)cc3)C2=O)C1. The van der Waals surface area contributed by atoms with Crippen LogP contribution in [-0.4, -0.2) is 47.6 Å². The smallest absolute Gasteiger partial charge is 0.307 e. The Balaban J connectivity index is 1.69. The molecule has 2 aliphatic rings. The van der Waals surface area contributed by atoms with E-state index in [1.807, 2.05) is 17.0 Å². The van der Waals surface area contributed by atoms with Crippen LogP contribution in [0, 0.1) is 5.92 Å². The molecule has 0 bridgehead atoms. The zero-order valence-corrected chi connectivity index (χ0v) is 12.3. The van der Waals surface area contributed by atoms with E-state index < -0.39 is 5.97 Å². The minimum absolute atomic E-state index is 0.0587. The molecular formula is C15H17ClN2O3. The highest BCUT2D eigenvalue weighted by Crippen LogP contribution is 2.28. The number of anilines is 1. The summed E-state index contributed by atoms with van der Waals surface area (Å²) in [4.78, 5) is 27.4. The average molecular weight is 309 g/mol. The van der Waals surface area contributed by atoms with Crippen LogP contribution in [0.3, 0.4) is 0 Å². The monoisotopic (exact) mass is 308 g/mol. The third-order valence-electron chi connectivity index (χ3n) is 4.33. The number of hydrogen-bond acceptors (Lipinski definition) is 3. The number of amides is 1. The number of halogens is 1. The molecule has 2 saturated heterocycles. The van der Waals surface area contributed by atoms with Crippen molar-refractivity contribution in [1.82, 2.24) is 4.90 Å². The lowest BCUT2D eigenvalue weighted by atomic mass is 10.1. The number of hydrogen-bond donors (Lipinski definition) is 1. The van der Waals surface area contributed by atoms with E-state index in [0.29, 0.717) is 31.1 Å². The van der Waals surface area contributed by atoms with Gasteiger partial charge in [-0.3, -0.25) is 14.5 Å². The molecule has 0 aromatic heterocycles. The summed E-state index contributed by atoms with van der Waals surface area (Å²) in [5.74, 6) is -1.05. The van der Waals surface area contributed by atoms with E-state index in [-0.39, 0.29) is 17.9 Å². The van der Waals surface area contributed by atoms with Gasteiger partial charge < -0.3 is 10.0 Å². The van der Waals surface area contributed by atoms with Crippen LogP contribution in [0.5, 0.6) is 0 Å². The Morgan fingerprint density at radius 2 is 1.90 bits per heavy atom. The van der Waals surface area contributed by atoms with Crippen molar-refractivity contribution in [3.05, 3.63) is 29.3 Å². The fourth-order valence-corrected chi connectivity index (χ4v) is 3.28. The van der Waals surface area contributed by atoms with Crippen molar-refractivity contribution in [3.63, 3.8) is 0 Å². The minimum atomic E-state index is -0.766. The molecule has 6 heteroatoms. The summed E-state index contributed by atoms with van der Waals surface area (Å²) >= 11 is 5.87. The number of carbonyl (C=O) groups is 2. The van der Waals surface area contributed by atoms with Crippen molar-refractivity contribution in [2.24, 2.45) is 5.92 Å². The maximum absolute atomic E-state index is 12.6. The Kier molecular flexibility index (Phi) is 3.87. The summed E-state index contributed by atoms with van der Waals surface area (Å²) in [5.41, 5.74) is 0.848. The molecule has 2 heterocycles. The van der Waals surface area contributed by atoms with Crippen LogP contribution in [0.4, 0.5) is 5.69 Å². The van der Waals surface area contributed by atoms with E-state index in [1.165, 1.54) is 0 Å². The molecule has 1 aromatic carbocycles. The van der Waals surface area contributed by atoms with Gasteiger partial charge in [0.1, 0.15) is 0 Å². The summed E-state index contributed by atoms with van der Waals surface area (Å²) < 4.78 is 0. The molecule has 2 fully saturated rings. The standard InChI is InChI=1S/C15H17ClN2O3/c16-11-1-3-12(4-2-11)18-8-6-13(14(18)19)17-7-5-10(9-17)15(20)21/h1-4,10,13H,5-9H2,(H,20,21). The molecule has 112 valence electrons. The number of likely N-dealkylation sites (tertiary alicyclic amines) is 1. The van der Waals surface area contributed by atoms with Gasteiger partial charge >= 0.3 is 5.97 Å². The van der Waals surface area contributed by atoms with Crippen LogP contribution in [0.1, 0.15) is 12.8 Å². The normalized spacial score (nSPS) is 26.5. The average Bonchev–Trinajstić information content (AvgIpc) is 3.06. The Morgan fingerprint density at radius 1 is 1.19 bits per heavy atom. The van der Waals surface area contributed by atoms with Crippen LogP contribution in [-0.2, 0) is 9.59 Å². The predicted molar refractivity (Wildman–Crippen MR) is 79.5 cm³/mol. The second-order valence-corrected chi connectivity index (χ2v) is 6.03. The lowest BCUT2D eigenvalue weighted by Gasteiger charge is -2.23. The predicted octanol–water partition coefficient (Wildman–Crippen LogP) is 1.85. The molecule has 0 spiro atoms. The molecule has 5 nitrogen and oxygen atoms in total. The van der Waals surface area contributed by atoms with E-state index in [9.17, 15) is 9.59 Å². The first-order chi connectivity index (χ1) is 10.1. The maximum Gasteiger partial charge on any atom is 0.307 e. The molecular weight excluding hydrogens is 292 g/mol. The maximum atomic E-state index is 12.6. The quantitative estimate of drug-likeness (QED) is 0.926. The van der Waals surface area contributed by atoms with E-state index in [0.717, 1.165) is 12.1 Å². The van der Waals surface area contributed by atoms with Crippen molar-refractivity contribution in [2.75, 3.05) is 24.5 Å². The van der Waals surface area contributed by atoms with Crippen molar-refractivity contribution >= 4 is 29.2 Å². The van der Waals surface area contributed by atoms with E-state index in [2.05, 4.69) is 0 Å². The minimum Gasteiger partial charge on any atom is -0.481 e. The highest BCUT2D eigenvalue weighted by molar-refractivity contribution is 6.30. The van der Waals surface area contributed by atoms with E-state index in [4.69, 9.17) is 16.7 Å². The number of carboxylic acid groups (broad SMARTS) is 1. The molecule has 2 aliphatic heterocycles. The van der Waals surface area contributed by atoms with Crippen LogP contribution < -0.4 is 4.90 Å². The fourth-order valence-electron chi connectivity index (χ4n) is 3.15. The van der Waals surface area contributed by atoms with E-state index in [1.54, 1.807) is 17.0 Å². The largest absolute Gasteiger partial charge is 0.481 e. The summed E-state index contributed by atoms with van der Waals surface area (Å²) in [7, 11) is 0. The summed E-state index contributed by atoms with van der Waals surface area (Å²) in [6.07, 6.45) is 1.37. The van der Waals surface area contributed by atoms with Crippen LogP contribution in [0.15, 0.2) is 24.3 Å².